The third kappa shape index (κ3) is 7.55. The van der Waals surface area contributed by atoms with Crippen LogP contribution in [-0.4, -0.2) is 4.98 Å². The predicted octanol–water partition coefficient (Wildman–Crippen LogP) is 18.4. The maximum absolute atomic E-state index is 5.78. The van der Waals surface area contributed by atoms with Crippen molar-refractivity contribution >= 4 is 72.5 Å². The summed E-state index contributed by atoms with van der Waals surface area (Å²) in [5, 5.41) is 6.06. The van der Waals surface area contributed by atoms with E-state index in [0.29, 0.717) is 5.92 Å². The number of anilines is 5. The van der Waals surface area contributed by atoms with Crippen LogP contribution in [-0.2, 0) is 11.8 Å². The van der Waals surface area contributed by atoms with E-state index < -0.39 is 0 Å². The summed E-state index contributed by atoms with van der Waals surface area (Å²) in [6, 6.07) is 86.1. The Hall–Kier alpha value is -9.05. The molecule has 11 aromatic rings. The highest BCUT2D eigenvalue weighted by molar-refractivity contribution is 6.05. The van der Waals surface area contributed by atoms with Crippen LogP contribution in [0.25, 0.3) is 66.4 Å². The first kappa shape index (κ1) is 42.8. The molecule has 3 nitrogen and oxygen atoms in total. The molecule has 0 radical (unpaired) electrons. The molecule has 2 atom stereocenters. The zero-order valence-corrected chi connectivity index (χ0v) is 40.4. The van der Waals surface area contributed by atoms with E-state index in [0.717, 1.165) is 53.2 Å². The predicted molar refractivity (Wildman–Crippen MR) is 307 cm³/mol. The third-order valence-electron chi connectivity index (χ3n) is 15.6. The van der Waals surface area contributed by atoms with E-state index in [-0.39, 0.29) is 5.41 Å². The standard InChI is InChI=1S/C70H51N3/c1-5-17-48(18-6-1)52-29-31-53(32-30-52)67-64-38-37-62(72(58-25-9-3-10-26-58)60-35-33-50-21-13-15-23-54(50)42-60)44-65(64)68(70-40-39-56(41-57(70)46-70)49-19-7-2-8-20-49)69-66(67)45-63(47-71-69)73(59-27-11-4-12-28-59)61-36-34-51-22-14-16-24-55(51)43-61/h1-36,39-45,47,57H,37-38,46H2. The number of rotatable bonds is 10. The van der Waals surface area contributed by atoms with E-state index in [1.165, 1.54) is 82.7 Å². The number of fused-ring (bicyclic) bond motifs is 5. The molecule has 0 spiro atoms. The van der Waals surface area contributed by atoms with Crippen molar-refractivity contribution in [2.75, 3.05) is 9.80 Å². The summed E-state index contributed by atoms with van der Waals surface area (Å²) in [5.74, 6) is 0.334. The van der Waals surface area contributed by atoms with Crippen LogP contribution in [0.15, 0.2) is 267 Å². The molecule has 1 heterocycles. The van der Waals surface area contributed by atoms with Crippen molar-refractivity contribution in [3.8, 4) is 22.3 Å². The lowest BCUT2D eigenvalue weighted by Crippen LogP contribution is -2.22. The minimum absolute atomic E-state index is 0.220. The van der Waals surface area contributed by atoms with E-state index in [1.54, 1.807) is 0 Å². The minimum atomic E-state index is -0.220. The van der Waals surface area contributed by atoms with Gasteiger partial charge in [0.15, 0.2) is 0 Å². The summed E-state index contributed by atoms with van der Waals surface area (Å²) in [6.45, 7) is 0. The first-order valence-corrected chi connectivity index (χ1v) is 25.7. The van der Waals surface area contributed by atoms with E-state index in [4.69, 9.17) is 4.98 Å². The molecular weight excluding hydrogens is 883 g/mol. The number of hydrogen-bond acceptors (Lipinski definition) is 3. The van der Waals surface area contributed by atoms with Gasteiger partial charge in [0.05, 0.1) is 17.4 Å². The first-order chi connectivity index (χ1) is 36.1. The van der Waals surface area contributed by atoms with E-state index in [1.807, 2.05) is 0 Å². The van der Waals surface area contributed by atoms with Gasteiger partial charge in [0.1, 0.15) is 0 Å². The Morgan fingerprint density at radius 2 is 0.973 bits per heavy atom. The van der Waals surface area contributed by atoms with Crippen LogP contribution in [0.3, 0.4) is 0 Å². The van der Waals surface area contributed by atoms with Crippen LogP contribution >= 0.6 is 0 Å². The average Bonchev–Trinajstić information content (AvgIpc) is 4.22. The van der Waals surface area contributed by atoms with E-state index in [2.05, 4.69) is 277 Å². The molecule has 346 valence electrons. The lowest BCUT2D eigenvalue weighted by Gasteiger charge is -2.34. The van der Waals surface area contributed by atoms with Crippen LogP contribution in [0.1, 0.15) is 35.1 Å². The second-order valence-corrected chi connectivity index (χ2v) is 19.9. The van der Waals surface area contributed by atoms with Gasteiger partial charge in [-0.15, -0.1) is 0 Å². The zero-order chi connectivity index (χ0) is 48.3. The van der Waals surface area contributed by atoms with Crippen LogP contribution < -0.4 is 9.80 Å². The topological polar surface area (TPSA) is 19.4 Å². The number of hydrogen-bond donors (Lipinski definition) is 0. The third-order valence-corrected chi connectivity index (χ3v) is 15.6. The molecule has 73 heavy (non-hydrogen) atoms. The van der Waals surface area contributed by atoms with Crippen molar-refractivity contribution in [3.05, 3.63) is 289 Å². The Kier molecular flexibility index (Phi) is 10.4. The summed E-state index contributed by atoms with van der Waals surface area (Å²) in [4.78, 5) is 10.7. The Bertz CT molecular complexity index is 3990. The Labute approximate surface area is 427 Å². The number of pyridine rings is 1. The summed E-state index contributed by atoms with van der Waals surface area (Å²) in [7, 11) is 0. The number of nitrogens with zero attached hydrogens (tertiary/aromatic N) is 3. The fourth-order valence-electron chi connectivity index (χ4n) is 12.0. The summed E-state index contributed by atoms with van der Waals surface area (Å²) >= 11 is 0. The second-order valence-electron chi connectivity index (χ2n) is 19.9. The minimum Gasteiger partial charge on any atom is -0.314 e. The lowest BCUT2D eigenvalue weighted by molar-refractivity contribution is 0.811. The smallest absolute Gasteiger partial charge is 0.0757 e. The van der Waals surface area contributed by atoms with Gasteiger partial charge in [-0.05, 0) is 157 Å². The SMILES string of the molecule is C1=CC2(c3c4c(c(-c5ccc(-c6ccccc6)cc5)c5cc(N(c6ccccc6)c6ccc7ccccc7c6)cnc35)CCC(N(c3ccccc3)c3ccc5ccccc5c3)=C4)CC2C=C1c1ccccc1. The molecule has 0 bridgehead atoms. The largest absolute Gasteiger partial charge is 0.314 e. The molecule has 0 N–H and O–H groups in total. The van der Waals surface area contributed by atoms with Gasteiger partial charge < -0.3 is 9.80 Å². The highest BCUT2D eigenvalue weighted by Crippen LogP contribution is 2.63. The Morgan fingerprint density at radius 1 is 0.438 bits per heavy atom. The van der Waals surface area contributed by atoms with Gasteiger partial charge in [-0.25, -0.2) is 0 Å². The van der Waals surface area contributed by atoms with Crippen molar-refractivity contribution in [2.45, 2.75) is 24.7 Å². The van der Waals surface area contributed by atoms with Crippen molar-refractivity contribution in [1.29, 1.82) is 0 Å². The number of benzene rings is 10. The average molecular weight is 934 g/mol. The maximum Gasteiger partial charge on any atom is 0.0757 e. The number of aromatic nitrogens is 1. The van der Waals surface area contributed by atoms with Gasteiger partial charge in [0, 0.05) is 39.2 Å². The van der Waals surface area contributed by atoms with E-state index >= 15 is 0 Å². The van der Waals surface area contributed by atoms with Crippen LogP contribution in [0.4, 0.5) is 28.4 Å². The Balaban J connectivity index is 1.03. The van der Waals surface area contributed by atoms with Gasteiger partial charge in [-0.2, -0.15) is 0 Å². The van der Waals surface area contributed by atoms with Crippen molar-refractivity contribution in [3.63, 3.8) is 0 Å². The molecular formula is C70H51N3. The number of para-hydroxylation sites is 2. The summed E-state index contributed by atoms with van der Waals surface area (Å²) in [6.07, 6.45) is 14.9. The summed E-state index contributed by atoms with van der Waals surface area (Å²) in [5.41, 5.74) is 19.1. The van der Waals surface area contributed by atoms with Crippen molar-refractivity contribution in [2.24, 2.45) is 5.92 Å². The highest BCUT2D eigenvalue weighted by atomic mass is 15.2. The first-order valence-electron chi connectivity index (χ1n) is 25.7. The molecule has 3 aliphatic rings. The molecule has 10 aromatic carbocycles. The van der Waals surface area contributed by atoms with Gasteiger partial charge >= 0.3 is 0 Å². The molecule has 3 heteroatoms. The van der Waals surface area contributed by atoms with Gasteiger partial charge in [-0.3, -0.25) is 4.98 Å². The molecule has 1 fully saturated rings. The molecule has 0 saturated heterocycles. The van der Waals surface area contributed by atoms with Crippen molar-refractivity contribution in [1.82, 2.24) is 4.98 Å². The maximum atomic E-state index is 5.78. The molecule has 14 rings (SSSR count). The zero-order valence-electron chi connectivity index (χ0n) is 40.4. The van der Waals surface area contributed by atoms with Gasteiger partial charge in [0.25, 0.3) is 0 Å². The quantitative estimate of drug-likeness (QED) is 0.136. The molecule has 2 unspecified atom stereocenters. The molecule has 3 aliphatic carbocycles. The molecule has 1 aromatic heterocycles. The van der Waals surface area contributed by atoms with Gasteiger partial charge in [0.2, 0.25) is 0 Å². The highest BCUT2D eigenvalue weighted by Gasteiger charge is 2.56. The fraction of sp³-hybridized carbons (Fsp3) is 0.0714. The van der Waals surface area contributed by atoms with Crippen molar-refractivity contribution < 1.29 is 0 Å². The van der Waals surface area contributed by atoms with Gasteiger partial charge in [-0.1, -0.05) is 200 Å². The van der Waals surface area contributed by atoms with E-state index in [9.17, 15) is 0 Å². The van der Waals surface area contributed by atoms with Crippen LogP contribution in [0, 0.1) is 5.92 Å². The molecule has 0 amide bonds. The number of allylic oxidation sites excluding steroid dienone is 5. The van der Waals surface area contributed by atoms with Crippen LogP contribution in [0.5, 0.6) is 0 Å². The van der Waals surface area contributed by atoms with Crippen LogP contribution in [0.2, 0.25) is 0 Å². The summed E-state index contributed by atoms with van der Waals surface area (Å²) < 4.78 is 0. The lowest BCUT2D eigenvalue weighted by atomic mass is 9.76. The molecule has 0 aliphatic heterocycles. The second kappa shape index (κ2) is 17.7. The normalized spacial score (nSPS) is 16.6. The Morgan fingerprint density at radius 3 is 1.60 bits per heavy atom. The monoisotopic (exact) mass is 933 g/mol. The molecule has 1 saturated carbocycles. The fourth-order valence-corrected chi connectivity index (χ4v) is 12.0.